The lowest BCUT2D eigenvalue weighted by Crippen LogP contribution is -2.42. The third-order valence-corrected chi connectivity index (χ3v) is 3.83. The Morgan fingerprint density at radius 1 is 1.24 bits per heavy atom. The molecule has 1 amide bonds. The van der Waals surface area contributed by atoms with E-state index in [-0.39, 0.29) is 17.6 Å². The first-order chi connectivity index (χ1) is 10.2. The number of rotatable bonds is 6. The number of hydrogen-bond acceptors (Lipinski definition) is 3. The molecule has 0 aliphatic carbocycles. The summed E-state index contributed by atoms with van der Waals surface area (Å²) < 4.78 is 0. The minimum atomic E-state index is 0.0164. The van der Waals surface area contributed by atoms with Gasteiger partial charge in [0.25, 0.3) is 0 Å². The number of ketones is 1. The van der Waals surface area contributed by atoms with Crippen LogP contribution in [0, 0.1) is 5.92 Å². The molecule has 1 aliphatic rings. The Kier molecular flexibility index (Phi) is 5.69. The molecule has 1 aliphatic heterocycles. The predicted molar refractivity (Wildman–Crippen MR) is 83.1 cm³/mol. The highest BCUT2D eigenvalue weighted by Gasteiger charge is 2.26. The molecule has 0 radical (unpaired) electrons. The van der Waals surface area contributed by atoms with Crippen molar-refractivity contribution >= 4 is 11.7 Å². The average Bonchev–Trinajstić information content (AvgIpc) is 2.54. The van der Waals surface area contributed by atoms with Crippen molar-refractivity contribution in [3.8, 4) is 0 Å². The Bertz CT molecular complexity index is 491. The van der Waals surface area contributed by atoms with Gasteiger partial charge < -0.3 is 5.32 Å². The van der Waals surface area contributed by atoms with Gasteiger partial charge in [-0.3, -0.25) is 14.5 Å². The summed E-state index contributed by atoms with van der Waals surface area (Å²) in [6.45, 7) is 6.07. The van der Waals surface area contributed by atoms with Gasteiger partial charge in [0.05, 0.1) is 6.54 Å². The smallest absolute Gasteiger partial charge is 0.234 e. The second kappa shape index (κ2) is 7.74. The third kappa shape index (κ3) is 4.53. The number of piperidine rings is 1. The fourth-order valence-electron chi connectivity index (χ4n) is 2.64. The first kappa shape index (κ1) is 15.4. The van der Waals surface area contributed by atoms with Crippen LogP contribution in [0.5, 0.6) is 0 Å². The molecule has 0 atom stereocenters. The molecule has 2 rings (SSSR count). The van der Waals surface area contributed by atoms with E-state index in [2.05, 4.69) is 16.8 Å². The van der Waals surface area contributed by atoms with Crippen molar-refractivity contribution in [3.63, 3.8) is 0 Å². The summed E-state index contributed by atoms with van der Waals surface area (Å²) in [6, 6.07) is 9.45. The van der Waals surface area contributed by atoms with E-state index in [9.17, 15) is 9.59 Å². The van der Waals surface area contributed by atoms with E-state index >= 15 is 0 Å². The summed E-state index contributed by atoms with van der Waals surface area (Å²) >= 11 is 0. The van der Waals surface area contributed by atoms with Gasteiger partial charge >= 0.3 is 0 Å². The van der Waals surface area contributed by atoms with Crippen molar-refractivity contribution in [3.05, 3.63) is 48.6 Å². The van der Waals surface area contributed by atoms with Gasteiger partial charge in [0, 0.05) is 18.0 Å². The van der Waals surface area contributed by atoms with Crippen LogP contribution in [-0.4, -0.2) is 42.8 Å². The number of carbonyl (C=O) groups is 2. The van der Waals surface area contributed by atoms with Crippen molar-refractivity contribution in [2.75, 3.05) is 26.2 Å². The summed E-state index contributed by atoms with van der Waals surface area (Å²) in [5, 5.41) is 2.77. The predicted octanol–water partition coefficient (Wildman–Crippen LogP) is 1.88. The Balaban J connectivity index is 1.79. The summed E-state index contributed by atoms with van der Waals surface area (Å²) in [4.78, 5) is 26.1. The second-order valence-corrected chi connectivity index (χ2v) is 5.37. The number of amides is 1. The zero-order valence-electron chi connectivity index (χ0n) is 12.3. The first-order valence-electron chi connectivity index (χ1n) is 7.40. The Morgan fingerprint density at radius 3 is 2.52 bits per heavy atom. The molecule has 1 aromatic rings. The van der Waals surface area contributed by atoms with Crippen molar-refractivity contribution < 1.29 is 9.59 Å². The highest BCUT2D eigenvalue weighted by Crippen LogP contribution is 2.21. The fraction of sp³-hybridized carbons (Fsp3) is 0.412. The van der Waals surface area contributed by atoms with E-state index in [0.717, 1.165) is 31.5 Å². The molecule has 0 saturated carbocycles. The van der Waals surface area contributed by atoms with Crippen LogP contribution in [0.1, 0.15) is 23.2 Å². The van der Waals surface area contributed by atoms with Crippen LogP contribution in [0.25, 0.3) is 0 Å². The molecule has 1 saturated heterocycles. The number of nitrogens with zero attached hydrogens (tertiary/aromatic N) is 1. The van der Waals surface area contributed by atoms with Crippen molar-refractivity contribution in [2.45, 2.75) is 12.8 Å². The van der Waals surface area contributed by atoms with Crippen LogP contribution < -0.4 is 5.32 Å². The van der Waals surface area contributed by atoms with E-state index < -0.39 is 0 Å². The lowest BCUT2D eigenvalue weighted by molar-refractivity contribution is -0.122. The van der Waals surface area contributed by atoms with Gasteiger partial charge in [-0.25, -0.2) is 0 Å². The lowest BCUT2D eigenvalue weighted by Gasteiger charge is -2.30. The normalized spacial score (nSPS) is 16.4. The third-order valence-electron chi connectivity index (χ3n) is 3.83. The van der Waals surface area contributed by atoms with E-state index in [0.29, 0.717) is 13.1 Å². The van der Waals surface area contributed by atoms with Gasteiger partial charge in [-0.2, -0.15) is 0 Å². The van der Waals surface area contributed by atoms with Crippen LogP contribution in [0.4, 0.5) is 0 Å². The van der Waals surface area contributed by atoms with Gasteiger partial charge in [-0.05, 0) is 25.9 Å². The summed E-state index contributed by atoms with van der Waals surface area (Å²) in [5.74, 6) is 0.328. The number of Topliss-reactive ketones (excluding diaryl/α,β-unsaturated/α-hetero) is 1. The van der Waals surface area contributed by atoms with E-state index in [1.165, 1.54) is 0 Å². The van der Waals surface area contributed by atoms with Crippen LogP contribution in [0.15, 0.2) is 43.0 Å². The quantitative estimate of drug-likeness (QED) is 0.642. The molecule has 1 N–H and O–H groups in total. The highest BCUT2D eigenvalue weighted by molar-refractivity contribution is 5.97. The Hall–Kier alpha value is -1.94. The molecular weight excluding hydrogens is 264 g/mol. The molecule has 4 nitrogen and oxygen atoms in total. The van der Waals surface area contributed by atoms with Gasteiger partial charge in [-0.1, -0.05) is 36.4 Å². The van der Waals surface area contributed by atoms with E-state index in [4.69, 9.17) is 0 Å². The number of carbonyl (C=O) groups excluding carboxylic acids is 2. The molecular formula is C17H22N2O2. The maximum Gasteiger partial charge on any atom is 0.234 e. The second-order valence-electron chi connectivity index (χ2n) is 5.37. The van der Waals surface area contributed by atoms with E-state index in [1.807, 2.05) is 30.3 Å². The SMILES string of the molecule is C=CCNC(=O)CN1CCC(C(=O)c2ccccc2)CC1. The van der Waals surface area contributed by atoms with Gasteiger partial charge in [0.1, 0.15) is 0 Å². The minimum Gasteiger partial charge on any atom is -0.352 e. The molecule has 1 heterocycles. The van der Waals surface area contributed by atoms with Crippen molar-refractivity contribution in [1.29, 1.82) is 0 Å². The Morgan fingerprint density at radius 2 is 1.90 bits per heavy atom. The molecule has 112 valence electrons. The fourth-order valence-corrected chi connectivity index (χ4v) is 2.64. The topological polar surface area (TPSA) is 49.4 Å². The highest BCUT2D eigenvalue weighted by atomic mass is 16.2. The number of benzene rings is 1. The van der Waals surface area contributed by atoms with Gasteiger partial charge in [0.15, 0.2) is 5.78 Å². The maximum atomic E-state index is 12.4. The first-order valence-corrected chi connectivity index (χ1v) is 7.40. The van der Waals surface area contributed by atoms with Gasteiger partial charge in [0.2, 0.25) is 5.91 Å². The summed E-state index contributed by atoms with van der Waals surface area (Å²) in [5.41, 5.74) is 0.791. The number of likely N-dealkylation sites (tertiary alicyclic amines) is 1. The van der Waals surface area contributed by atoms with Crippen LogP contribution in [0.3, 0.4) is 0 Å². The van der Waals surface area contributed by atoms with Crippen LogP contribution in [0.2, 0.25) is 0 Å². The zero-order valence-corrected chi connectivity index (χ0v) is 12.3. The molecule has 0 aromatic heterocycles. The monoisotopic (exact) mass is 286 g/mol. The summed E-state index contributed by atoms with van der Waals surface area (Å²) in [6.07, 6.45) is 3.31. The number of nitrogens with one attached hydrogen (secondary N) is 1. The molecule has 0 bridgehead atoms. The standard InChI is InChI=1S/C17H22N2O2/c1-2-10-18-16(20)13-19-11-8-15(9-12-19)17(21)14-6-4-3-5-7-14/h2-7,15H,1,8-13H2,(H,18,20). The Labute approximate surface area is 125 Å². The van der Waals surface area contributed by atoms with Crippen LogP contribution >= 0.6 is 0 Å². The molecule has 0 spiro atoms. The van der Waals surface area contributed by atoms with Crippen molar-refractivity contribution in [2.24, 2.45) is 5.92 Å². The molecule has 4 heteroatoms. The average molecular weight is 286 g/mol. The minimum absolute atomic E-state index is 0.0164. The van der Waals surface area contributed by atoms with Gasteiger partial charge in [-0.15, -0.1) is 6.58 Å². The van der Waals surface area contributed by atoms with E-state index in [1.54, 1.807) is 6.08 Å². The largest absolute Gasteiger partial charge is 0.352 e. The lowest BCUT2D eigenvalue weighted by atomic mass is 9.89. The molecule has 1 aromatic carbocycles. The van der Waals surface area contributed by atoms with Crippen molar-refractivity contribution in [1.82, 2.24) is 10.2 Å². The molecule has 21 heavy (non-hydrogen) atoms. The molecule has 0 unspecified atom stereocenters. The molecule has 1 fully saturated rings. The van der Waals surface area contributed by atoms with Crippen LogP contribution in [-0.2, 0) is 4.79 Å². The maximum absolute atomic E-state index is 12.4. The summed E-state index contributed by atoms with van der Waals surface area (Å²) in [7, 11) is 0. The number of hydrogen-bond donors (Lipinski definition) is 1. The zero-order chi connectivity index (χ0) is 15.1.